The molecule has 21 heavy (non-hydrogen) atoms. The highest BCUT2D eigenvalue weighted by molar-refractivity contribution is 6.31. The second-order valence-corrected chi connectivity index (χ2v) is 5.25. The van der Waals surface area contributed by atoms with Gasteiger partial charge in [-0.15, -0.1) is 0 Å². The number of ketones is 1. The third-order valence-electron chi connectivity index (χ3n) is 3.43. The van der Waals surface area contributed by atoms with Crippen molar-refractivity contribution >= 4 is 28.4 Å². The van der Waals surface area contributed by atoms with Gasteiger partial charge in [0.05, 0.1) is 5.69 Å². The summed E-state index contributed by atoms with van der Waals surface area (Å²) in [5.74, 6) is 0.154. The Morgan fingerprint density at radius 1 is 1.29 bits per heavy atom. The van der Waals surface area contributed by atoms with Crippen LogP contribution in [0.5, 0.6) is 0 Å². The summed E-state index contributed by atoms with van der Waals surface area (Å²) in [4.78, 5) is 12.6. The Morgan fingerprint density at radius 2 is 2.10 bits per heavy atom. The lowest BCUT2D eigenvalue weighted by atomic mass is 10.2. The van der Waals surface area contributed by atoms with E-state index < -0.39 is 0 Å². The van der Waals surface area contributed by atoms with Crippen LogP contribution in [-0.2, 0) is 13.0 Å². The second kappa shape index (κ2) is 5.37. The molecule has 0 amide bonds. The summed E-state index contributed by atoms with van der Waals surface area (Å²) in [7, 11) is 0. The minimum Gasteiger partial charge on any atom is -0.453 e. The summed E-state index contributed by atoms with van der Waals surface area (Å²) in [5, 5.41) is 5.84. The highest BCUT2D eigenvalue weighted by Crippen LogP contribution is 2.24. The fourth-order valence-corrected chi connectivity index (χ4v) is 2.50. The van der Waals surface area contributed by atoms with Gasteiger partial charge in [-0.2, -0.15) is 5.10 Å². The normalized spacial score (nSPS) is 11.2. The predicted molar refractivity (Wildman–Crippen MR) is 81.9 cm³/mol. The Kier molecular flexibility index (Phi) is 3.55. The number of furan rings is 1. The van der Waals surface area contributed by atoms with Gasteiger partial charge < -0.3 is 4.42 Å². The summed E-state index contributed by atoms with van der Waals surface area (Å²) in [6.07, 6.45) is 0.795. The number of rotatable bonds is 4. The second-order valence-electron chi connectivity index (χ2n) is 4.81. The first-order valence-corrected chi connectivity index (χ1v) is 7.30. The molecule has 1 aromatic carbocycles. The summed E-state index contributed by atoms with van der Waals surface area (Å²) < 4.78 is 7.34. The summed E-state index contributed by atoms with van der Waals surface area (Å²) >= 11 is 5.95. The molecule has 0 bridgehead atoms. The van der Waals surface area contributed by atoms with Crippen molar-refractivity contribution in [1.29, 1.82) is 0 Å². The molecule has 0 aliphatic heterocycles. The van der Waals surface area contributed by atoms with Gasteiger partial charge in [-0.05, 0) is 43.7 Å². The van der Waals surface area contributed by atoms with Crippen LogP contribution in [0.15, 0.2) is 34.7 Å². The molecule has 2 heterocycles. The van der Waals surface area contributed by atoms with Gasteiger partial charge in [0.2, 0.25) is 5.78 Å². The molecule has 108 valence electrons. The first kappa shape index (κ1) is 13.9. The number of carbonyl (C=O) groups is 1. The molecule has 0 N–H and O–H groups in total. The summed E-state index contributed by atoms with van der Waals surface area (Å²) in [6, 6.07) is 8.84. The third kappa shape index (κ3) is 2.47. The van der Waals surface area contributed by atoms with E-state index in [1.165, 1.54) is 0 Å². The number of hydrogen-bond donors (Lipinski definition) is 0. The maximum Gasteiger partial charge on any atom is 0.246 e. The van der Waals surface area contributed by atoms with Gasteiger partial charge in [0.15, 0.2) is 5.76 Å². The molecule has 5 heteroatoms. The Balaban J connectivity index is 2.05. The zero-order valence-corrected chi connectivity index (χ0v) is 12.6. The van der Waals surface area contributed by atoms with Gasteiger partial charge in [-0.3, -0.25) is 9.48 Å². The number of halogens is 1. The van der Waals surface area contributed by atoms with Gasteiger partial charge in [-0.25, -0.2) is 0 Å². The van der Waals surface area contributed by atoms with Gasteiger partial charge in [0, 0.05) is 17.0 Å². The maximum atomic E-state index is 12.6. The molecule has 2 aromatic heterocycles. The highest BCUT2D eigenvalue weighted by atomic mass is 35.5. The zero-order valence-electron chi connectivity index (χ0n) is 11.9. The number of aromatic nitrogens is 2. The monoisotopic (exact) mass is 302 g/mol. The molecule has 0 spiro atoms. The van der Waals surface area contributed by atoms with Crippen LogP contribution in [0.25, 0.3) is 11.0 Å². The van der Waals surface area contributed by atoms with E-state index in [4.69, 9.17) is 16.0 Å². The van der Waals surface area contributed by atoms with Gasteiger partial charge in [0.25, 0.3) is 0 Å². The fourth-order valence-electron chi connectivity index (χ4n) is 2.32. The van der Waals surface area contributed by atoms with Crippen molar-refractivity contribution in [3.63, 3.8) is 0 Å². The molecule has 0 radical (unpaired) electrons. The molecule has 3 aromatic rings. The van der Waals surface area contributed by atoms with Crippen LogP contribution < -0.4 is 0 Å². The molecule has 0 aliphatic rings. The van der Waals surface area contributed by atoms with Crippen molar-refractivity contribution in [3.8, 4) is 0 Å². The Labute approximate surface area is 127 Å². The topological polar surface area (TPSA) is 48.0 Å². The smallest absolute Gasteiger partial charge is 0.246 e. The predicted octanol–water partition coefficient (Wildman–Crippen LogP) is 4.10. The minimum absolute atomic E-state index is 0.156. The molecule has 0 unspecified atom stereocenters. The zero-order chi connectivity index (χ0) is 15.0. The molecule has 0 saturated carbocycles. The summed E-state index contributed by atoms with van der Waals surface area (Å²) in [6.45, 7) is 4.62. The highest BCUT2D eigenvalue weighted by Gasteiger charge is 2.19. The standard InChI is InChI=1S/C16H15ClN2O2/c1-3-12-9-13(19(4-2)18-12)16(20)15-8-10-7-11(17)5-6-14(10)21-15/h5-9H,3-4H2,1-2H3. The molecule has 0 saturated heterocycles. The van der Waals surface area contributed by atoms with Crippen LogP contribution in [-0.4, -0.2) is 15.6 Å². The average molecular weight is 303 g/mol. The number of benzene rings is 1. The number of fused-ring (bicyclic) bond motifs is 1. The van der Waals surface area contributed by atoms with Gasteiger partial charge in [-0.1, -0.05) is 18.5 Å². The van der Waals surface area contributed by atoms with E-state index >= 15 is 0 Å². The molecule has 0 fully saturated rings. The van der Waals surface area contributed by atoms with Gasteiger partial charge >= 0.3 is 0 Å². The van der Waals surface area contributed by atoms with E-state index in [-0.39, 0.29) is 5.78 Å². The van der Waals surface area contributed by atoms with Crippen molar-refractivity contribution in [2.45, 2.75) is 26.8 Å². The third-order valence-corrected chi connectivity index (χ3v) is 3.66. The first-order chi connectivity index (χ1) is 10.1. The van der Waals surface area contributed by atoms with Crippen molar-refractivity contribution in [2.24, 2.45) is 0 Å². The quantitative estimate of drug-likeness (QED) is 0.682. The van der Waals surface area contributed by atoms with Gasteiger partial charge in [0.1, 0.15) is 11.3 Å². The lowest BCUT2D eigenvalue weighted by molar-refractivity contribution is 0.100. The molecular weight excluding hydrogens is 288 g/mol. The number of aryl methyl sites for hydroxylation is 2. The molecule has 4 nitrogen and oxygen atoms in total. The van der Waals surface area contributed by atoms with Crippen molar-refractivity contribution < 1.29 is 9.21 Å². The lowest BCUT2D eigenvalue weighted by Crippen LogP contribution is -2.09. The van der Waals surface area contributed by atoms with Crippen LogP contribution in [0, 0.1) is 0 Å². The van der Waals surface area contributed by atoms with Crippen LogP contribution in [0.3, 0.4) is 0 Å². The van der Waals surface area contributed by atoms with Crippen LogP contribution in [0.1, 0.15) is 35.8 Å². The summed E-state index contributed by atoms with van der Waals surface area (Å²) in [5.41, 5.74) is 2.11. The van der Waals surface area contributed by atoms with E-state index in [1.807, 2.05) is 19.9 Å². The SMILES string of the molecule is CCc1cc(C(=O)c2cc3cc(Cl)ccc3o2)n(CC)n1. The largest absolute Gasteiger partial charge is 0.453 e. The Hall–Kier alpha value is -2.07. The molecule has 0 atom stereocenters. The lowest BCUT2D eigenvalue weighted by Gasteiger charge is -2.00. The fraction of sp³-hybridized carbons (Fsp3) is 0.250. The average Bonchev–Trinajstić information content (AvgIpc) is 3.09. The molecule has 0 aliphatic carbocycles. The maximum absolute atomic E-state index is 12.6. The van der Waals surface area contributed by atoms with Crippen LogP contribution in [0.4, 0.5) is 0 Å². The van der Waals surface area contributed by atoms with E-state index in [0.717, 1.165) is 17.5 Å². The Morgan fingerprint density at radius 3 is 2.81 bits per heavy atom. The Bertz CT molecular complexity index is 817. The molecule has 3 rings (SSSR count). The number of carbonyl (C=O) groups excluding carboxylic acids is 1. The molecular formula is C16H15ClN2O2. The van der Waals surface area contributed by atoms with E-state index in [1.54, 1.807) is 28.9 Å². The minimum atomic E-state index is -0.156. The van der Waals surface area contributed by atoms with Crippen LogP contribution >= 0.6 is 11.6 Å². The first-order valence-electron chi connectivity index (χ1n) is 6.93. The van der Waals surface area contributed by atoms with Crippen molar-refractivity contribution in [1.82, 2.24) is 9.78 Å². The van der Waals surface area contributed by atoms with E-state index in [2.05, 4.69) is 5.10 Å². The van der Waals surface area contributed by atoms with Crippen molar-refractivity contribution in [2.75, 3.05) is 0 Å². The number of hydrogen-bond acceptors (Lipinski definition) is 3. The van der Waals surface area contributed by atoms with E-state index in [0.29, 0.717) is 28.6 Å². The van der Waals surface area contributed by atoms with Crippen LogP contribution in [0.2, 0.25) is 5.02 Å². The number of nitrogens with zero attached hydrogens (tertiary/aromatic N) is 2. The van der Waals surface area contributed by atoms with E-state index in [9.17, 15) is 4.79 Å². The van der Waals surface area contributed by atoms with Crippen molar-refractivity contribution in [3.05, 3.63) is 52.5 Å².